The number of benzene rings is 1. The molecular weight excluding hydrogens is 250 g/mol. The average molecular weight is 275 g/mol. The second-order valence-electron chi connectivity index (χ2n) is 5.32. The Balaban J connectivity index is 2.03. The molecule has 0 radical (unpaired) electrons. The molecule has 0 aliphatic heterocycles. The molecule has 1 aromatic rings. The molecule has 1 unspecified atom stereocenters. The van der Waals surface area contributed by atoms with E-state index in [2.05, 4.69) is 23.5 Å². The minimum atomic E-state index is 0.261. The number of aliphatic hydroxyl groups excluding tert-OH is 1. The summed E-state index contributed by atoms with van der Waals surface area (Å²) in [6, 6.07) is 8.68. The van der Waals surface area contributed by atoms with Gasteiger partial charge in [-0.15, -0.1) is 0 Å². The lowest BCUT2D eigenvalue weighted by atomic mass is 9.88. The summed E-state index contributed by atoms with van der Waals surface area (Å²) in [6.07, 6.45) is 8.06. The number of methoxy groups -OCH3 is 1. The fraction of sp³-hybridized carbons (Fsp3) is 0.529. The summed E-state index contributed by atoms with van der Waals surface area (Å²) in [6.45, 7) is 1.15. The summed E-state index contributed by atoms with van der Waals surface area (Å²) in [7, 11) is 1.69. The molecule has 0 heterocycles. The summed E-state index contributed by atoms with van der Waals surface area (Å²) < 4.78 is 5.19. The number of nitrogens with one attached hydrogen (secondary N) is 1. The molecule has 0 amide bonds. The summed E-state index contributed by atoms with van der Waals surface area (Å²) >= 11 is 0. The van der Waals surface area contributed by atoms with E-state index in [1.165, 1.54) is 36.8 Å². The van der Waals surface area contributed by atoms with Crippen molar-refractivity contribution < 1.29 is 9.84 Å². The van der Waals surface area contributed by atoms with Crippen LogP contribution in [0.3, 0.4) is 0 Å². The van der Waals surface area contributed by atoms with Crippen molar-refractivity contribution in [1.82, 2.24) is 5.32 Å². The minimum absolute atomic E-state index is 0.261. The fourth-order valence-corrected chi connectivity index (χ4v) is 2.71. The van der Waals surface area contributed by atoms with Gasteiger partial charge in [0.1, 0.15) is 5.75 Å². The van der Waals surface area contributed by atoms with Gasteiger partial charge in [0.25, 0.3) is 0 Å². The second kappa shape index (κ2) is 8.08. The van der Waals surface area contributed by atoms with Crippen LogP contribution < -0.4 is 10.1 Å². The van der Waals surface area contributed by atoms with Gasteiger partial charge < -0.3 is 15.2 Å². The van der Waals surface area contributed by atoms with Crippen LogP contribution in [0.5, 0.6) is 5.75 Å². The van der Waals surface area contributed by atoms with Gasteiger partial charge in [-0.25, -0.2) is 0 Å². The van der Waals surface area contributed by atoms with Crippen molar-refractivity contribution >= 4 is 6.08 Å². The summed E-state index contributed by atoms with van der Waals surface area (Å²) in [5.41, 5.74) is 2.72. The molecule has 1 fully saturated rings. The van der Waals surface area contributed by atoms with Crippen molar-refractivity contribution in [3.63, 3.8) is 0 Å². The molecule has 2 rings (SSSR count). The Bertz CT molecular complexity index is 425. The van der Waals surface area contributed by atoms with E-state index in [1.54, 1.807) is 7.11 Å². The van der Waals surface area contributed by atoms with Crippen molar-refractivity contribution in [3.05, 3.63) is 35.4 Å². The first-order valence-electron chi connectivity index (χ1n) is 7.52. The molecular formula is C17H25NO2. The molecule has 3 heteroatoms. The van der Waals surface area contributed by atoms with E-state index in [4.69, 9.17) is 9.84 Å². The molecule has 1 saturated carbocycles. The third-order valence-electron chi connectivity index (χ3n) is 3.85. The fourth-order valence-electron chi connectivity index (χ4n) is 2.71. The van der Waals surface area contributed by atoms with Gasteiger partial charge in [0, 0.05) is 12.6 Å². The van der Waals surface area contributed by atoms with Gasteiger partial charge in [0.2, 0.25) is 0 Å². The van der Waals surface area contributed by atoms with E-state index in [0.29, 0.717) is 6.04 Å². The van der Waals surface area contributed by atoms with E-state index >= 15 is 0 Å². The molecule has 20 heavy (non-hydrogen) atoms. The van der Waals surface area contributed by atoms with Crippen LogP contribution in [0.2, 0.25) is 0 Å². The summed E-state index contributed by atoms with van der Waals surface area (Å²) in [5, 5.41) is 12.4. The maximum Gasteiger partial charge on any atom is 0.118 e. The zero-order chi connectivity index (χ0) is 14.2. The van der Waals surface area contributed by atoms with Crippen molar-refractivity contribution in [3.8, 4) is 5.75 Å². The van der Waals surface area contributed by atoms with Crippen LogP contribution in [-0.4, -0.2) is 31.4 Å². The molecule has 2 N–H and O–H groups in total. The lowest BCUT2D eigenvalue weighted by molar-refractivity contribution is 0.282. The molecule has 0 bridgehead atoms. The van der Waals surface area contributed by atoms with Gasteiger partial charge in [-0.3, -0.25) is 0 Å². The van der Waals surface area contributed by atoms with E-state index < -0.39 is 0 Å². The molecule has 3 nitrogen and oxygen atoms in total. The number of hydrogen-bond donors (Lipinski definition) is 2. The van der Waals surface area contributed by atoms with E-state index in [0.717, 1.165) is 18.7 Å². The highest BCUT2D eigenvalue weighted by Crippen LogP contribution is 2.26. The predicted octanol–water partition coefficient (Wildman–Crippen LogP) is 2.99. The Morgan fingerprint density at radius 2 is 2.10 bits per heavy atom. The first-order valence-corrected chi connectivity index (χ1v) is 7.52. The third-order valence-corrected chi connectivity index (χ3v) is 3.85. The van der Waals surface area contributed by atoms with Crippen LogP contribution in [0.1, 0.15) is 37.7 Å². The monoisotopic (exact) mass is 275 g/mol. The maximum absolute atomic E-state index is 8.88. The lowest BCUT2D eigenvalue weighted by Gasteiger charge is -2.26. The molecule has 0 saturated heterocycles. The van der Waals surface area contributed by atoms with Crippen LogP contribution in [0.15, 0.2) is 29.8 Å². The molecule has 0 aromatic heterocycles. The summed E-state index contributed by atoms with van der Waals surface area (Å²) in [4.78, 5) is 0. The highest BCUT2D eigenvalue weighted by Gasteiger charge is 2.17. The van der Waals surface area contributed by atoms with E-state index in [1.807, 2.05) is 12.1 Å². The zero-order valence-corrected chi connectivity index (χ0v) is 12.3. The van der Waals surface area contributed by atoms with Crippen molar-refractivity contribution in [2.24, 2.45) is 0 Å². The topological polar surface area (TPSA) is 41.5 Å². The Morgan fingerprint density at radius 1 is 1.30 bits per heavy atom. The van der Waals surface area contributed by atoms with Gasteiger partial charge >= 0.3 is 0 Å². The van der Waals surface area contributed by atoms with Crippen LogP contribution in [0.25, 0.3) is 6.08 Å². The van der Waals surface area contributed by atoms with Gasteiger partial charge in [-0.1, -0.05) is 30.2 Å². The Kier molecular flexibility index (Phi) is 6.09. The molecule has 0 spiro atoms. The van der Waals surface area contributed by atoms with Crippen molar-refractivity contribution in [2.75, 3.05) is 20.3 Å². The Morgan fingerprint density at radius 3 is 2.80 bits per heavy atom. The largest absolute Gasteiger partial charge is 0.497 e. The molecule has 110 valence electrons. The first-order chi connectivity index (χ1) is 9.83. The molecule has 1 aliphatic rings. The van der Waals surface area contributed by atoms with Gasteiger partial charge in [0.05, 0.1) is 7.11 Å². The maximum atomic E-state index is 8.88. The Labute approximate surface area is 121 Å². The van der Waals surface area contributed by atoms with E-state index in [9.17, 15) is 0 Å². The minimum Gasteiger partial charge on any atom is -0.497 e. The summed E-state index contributed by atoms with van der Waals surface area (Å²) in [5.74, 6) is 0.897. The molecule has 1 atom stereocenters. The molecule has 1 aromatic carbocycles. The van der Waals surface area contributed by atoms with Crippen LogP contribution in [0.4, 0.5) is 0 Å². The van der Waals surface area contributed by atoms with Gasteiger partial charge in [-0.2, -0.15) is 0 Å². The van der Waals surface area contributed by atoms with Gasteiger partial charge in [-0.05, 0) is 49.9 Å². The van der Waals surface area contributed by atoms with Crippen LogP contribution >= 0.6 is 0 Å². The number of ether oxygens (including phenoxy) is 1. The van der Waals surface area contributed by atoms with Crippen molar-refractivity contribution in [2.45, 2.75) is 38.1 Å². The smallest absolute Gasteiger partial charge is 0.118 e. The number of rotatable bonds is 6. The highest BCUT2D eigenvalue weighted by molar-refractivity contribution is 5.55. The second-order valence-corrected chi connectivity index (χ2v) is 5.32. The number of hydrogen-bond acceptors (Lipinski definition) is 3. The Hall–Kier alpha value is -1.32. The van der Waals surface area contributed by atoms with Crippen molar-refractivity contribution in [1.29, 1.82) is 0 Å². The normalized spacial score (nSPS) is 21.1. The average Bonchev–Trinajstić information content (AvgIpc) is 2.50. The number of aliphatic hydroxyl groups is 1. The standard InChI is InChI=1S/C17H25NO2/c1-20-16-9-7-14(8-10-16)13-15-5-2-3-6-17(15)18-11-4-12-19/h7-10,13,17-19H,2-6,11-12H2,1H3/b15-13-. The first kappa shape index (κ1) is 15.1. The predicted molar refractivity (Wildman–Crippen MR) is 82.9 cm³/mol. The van der Waals surface area contributed by atoms with Crippen LogP contribution in [-0.2, 0) is 0 Å². The zero-order valence-electron chi connectivity index (χ0n) is 12.3. The van der Waals surface area contributed by atoms with Gasteiger partial charge in [0.15, 0.2) is 0 Å². The SMILES string of the molecule is COc1ccc(/C=C2/CCCCC2NCCCO)cc1. The molecule has 1 aliphatic carbocycles. The highest BCUT2D eigenvalue weighted by atomic mass is 16.5. The lowest BCUT2D eigenvalue weighted by Crippen LogP contribution is -2.34. The third kappa shape index (κ3) is 4.36. The van der Waals surface area contributed by atoms with Crippen LogP contribution in [0, 0.1) is 0 Å². The van der Waals surface area contributed by atoms with E-state index in [-0.39, 0.29) is 6.61 Å². The quantitative estimate of drug-likeness (QED) is 0.784.